The van der Waals surface area contributed by atoms with E-state index < -0.39 is 5.97 Å². The first kappa shape index (κ1) is 16.1. The van der Waals surface area contributed by atoms with E-state index in [0.717, 1.165) is 5.52 Å². The third-order valence-electron chi connectivity index (χ3n) is 3.62. The molecule has 2 heterocycles. The van der Waals surface area contributed by atoms with Crippen LogP contribution in [0.5, 0.6) is 5.75 Å². The van der Waals surface area contributed by atoms with Gasteiger partial charge < -0.3 is 13.9 Å². The van der Waals surface area contributed by atoms with Crippen LogP contribution in [0.4, 0.5) is 0 Å². The number of nitriles is 2. The summed E-state index contributed by atoms with van der Waals surface area (Å²) in [7, 11) is 0. The van der Waals surface area contributed by atoms with E-state index in [1.165, 1.54) is 0 Å². The molecular formula is C19H13N3O3. The van der Waals surface area contributed by atoms with Crippen molar-refractivity contribution in [2.24, 2.45) is 0 Å². The molecule has 2 aromatic heterocycles. The highest BCUT2D eigenvalue weighted by atomic mass is 16.6. The minimum atomic E-state index is -0.577. The van der Waals surface area contributed by atoms with Crippen LogP contribution in [0, 0.1) is 22.7 Å². The minimum absolute atomic E-state index is 0.0212. The van der Waals surface area contributed by atoms with Crippen molar-refractivity contribution in [3.05, 3.63) is 71.5 Å². The number of carbonyl (C=O) groups excluding carboxylic acids is 1. The number of carbonyl (C=O) groups is 1. The molecule has 0 saturated heterocycles. The van der Waals surface area contributed by atoms with Crippen molar-refractivity contribution >= 4 is 11.5 Å². The summed E-state index contributed by atoms with van der Waals surface area (Å²) < 4.78 is 12.3. The van der Waals surface area contributed by atoms with Gasteiger partial charge >= 0.3 is 5.97 Å². The van der Waals surface area contributed by atoms with Crippen molar-refractivity contribution in [2.45, 2.75) is 6.61 Å². The molecule has 0 aliphatic rings. The van der Waals surface area contributed by atoms with Crippen LogP contribution in [0.15, 0.2) is 54.9 Å². The minimum Gasteiger partial charge on any atom is -0.481 e. The molecule has 0 N–H and O–H groups in total. The smallest absolute Gasteiger partial charge is 0.344 e. The summed E-state index contributed by atoms with van der Waals surface area (Å²) in [5.74, 6) is -0.249. The highest BCUT2D eigenvalue weighted by Gasteiger charge is 2.13. The molecule has 0 bridgehead atoms. The highest BCUT2D eigenvalue weighted by Crippen LogP contribution is 2.19. The lowest BCUT2D eigenvalue weighted by atomic mass is 10.2. The van der Waals surface area contributed by atoms with Gasteiger partial charge in [0.2, 0.25) is 0 Å². The molecule has 6 heteroatoms. The molecule has 0 aliphatic carbocycles. The molecule has 0 unspecified atom stereocenters. The quantitative estimate of drug-likeness (QED) is 0.671. The van der Waals surface area contributed by atoms with E-state index in [9.17, 15) is 10.1 Å². The lowest BCUT2D eigenvalue weighted by Gasteiger charge is -2.07. The third-order valence-corrected chi connectivity index (χ3v) is 3.62. The van der Waals surface area contributed by atoms with E-state index in [1.807, 2.05) is 30.5 Å². The number of benzene rings is 1. The van der Waals surface area contributed by atoms with Crippen LogP contribution in [0.3, 0.4) is 0 Å². The van der Waals surface area contributed by atoms with Crippen LogP contribution in [0.1, 0.15) is 16.7 Å². The van der Waals surface area contributed by atoms with E-state index in [4.69, 9.17) is 14.7 Å². The number of esters is 1. The van der Waals surface area contributed by atoms with Gasteiger partial charge in [0.1, 0.15) is 24.5 Å². The fourth-order valence-electron chi connectivity index (χ4n) is 2.44. The Morgan fingerprint density at radius 1 is 1.08 bits per heavy atom. The first-order valence-corrected chi connectivity index (χ1v) is 7.49. The zero-order valence-electron chi connectivity index (χ0n) is 13.2. The van der Waals surface area contributed by atoms with Crippen LogP contribution in [0.25, 0.3) is 5.52 Å². The number of fused-ring (bicyclic) bond motifs is 1. The molecule has 0 atom stereocenters. The number of ether oxygens (including phenoxy) is 2. The van der Waals surface area contributed by atoms with Gasteiger partial charge in [-0.15, -0.1) is 0 Å². The summed E-state index contributed by atoms with van der Waals surface area (Å²) in [6.07, 6.45) is 3.58. The summed E-state index contributed by atoms with van der Waals surface area (Å²) in [6.45, 7) is -0.333. The van der Waals surface area contributed by atoms with Gasteiger partial charge in [0, 0.05) is 18.0 Å². The van der Waals surface area contributed by atoms with Gasteiger partial charge in [0.05, 0.1) is 16.6 Å². The summed E-state index contributed by atoms with van der Waals surface area (Å²) in [5, 5.41) is 18.3. The Hall–Kier alpha value is -3.77. The SMILES string of the molecule is N#Cc1ccccc1OCC(=O)OCc1cn2ccccc2c1C#N. The molecule has 25 heavy (non-hydrogen) atoms. The standard InChI is InChI=1S/C19H13N3O3/c20-9-14-5-1-2-7-18(14)24-13-19(23)25-12-15-11-22-8-4-3-6-17(22)16(15)10-21/h1-8,11H,12-13H2. The van der Waals surface area contributed by atoms with Gasteiger partial charge in [-0.1, -0.05) is 18.2 Å². The summed E-state index contributed by atoms with van der Waals surface area (Å²) in [5.41, 5.74) is 2.21. The van der Waals surface area contributed by atoms with Crippen molar-refractivity contribution in [2.75, 3.05) is 6.61 Å². The van der Waals surface area contributed by atoms with Crippen LogP contribution < -0.4 is 4.74 Å². The summed E-state index contributed by atoms with van der Waals surface area (Å²) in [6, 6.07) is 16.3. The maximum absolute atomic E-state index is 11.9. The van der Waals surface area contributed by atoms with Gasteiger partial charge in [-0.2, -0.15) is 10.5 Å². The average Bonchev–Trinajstić information content (AvgIpc) is 3.02. The Kier molecular flexibility index (Phi) is 4.64. The first-order chi connectivity index (χ1) is 12.2. The molecule has 6 nitrogen and oxygen atoms in total. The van der Waals surface area contributed by atoms with Crippen molar-refractivity contribution in [1.29, 1.82) is 10.5 Å². The van der Waals surface area contributed by atoms with E-state index in [1.54, 1.807) is 34.9 Å². The number of rotatable bonds is 5. The fourth-order valence-corrected chi connectivity index (χ4v) is 2.44. The van der Waals surface area contributed by atoms with Gasteiger partial charge in [-0.3, -0.25) is 0 Å². The Bertz CT molecular complexity index is 1010. The molecule has 0 radical (unpaired) electrons. The maximum Gasteiger partial charge on any atom is 0.344 e. The molecular weight excluding hydrogens is 318 g/mol. The van der Waals surface area contributed by atoms with Crippen LogP contribution >= 0.6 is 0 Å². The first-order valence-electron chi connectivity index (χ1n) is 7.49. The molecule has 0 amide bonds. The predicted octanol–water partition coefficient (Wildman–Crippen LogP) is 2.80. The third kappa shape index (κ3) is 3.44. The van der Waals surface area contributed by atoms with Gasteiger partial charge in [0.15, 0.2) is 6.61 Å². The number of aromatic nitrogens is 1. The lowest BCUT2D eigenvalue weighted by Crippen LogP contribution is -2.15. The Balaban J connectivity index is 1.63. The molecule has 0 aliphatic heterocycles. The Morgan fingerprint density at radius 2 is 1.88 bits per heavy atom. The molecule has 122 valence electrons. The van der Waals surface area contributed by atoms with Gasteiger partial charge in [0.25, 0.3) is 0 Å². The zero-order valence-corrected chi connectivity index (χ0v) is 13.2. The normalized spacial score (nSPS) is 10.0. The van der Waals surface area contributed by atoms with Crippen molar-refractivity contribution < 1.29 is 14.3 Å². The van der Waals surface area contributed by atoms with Gasteiger partial charge in [-0.25, -0.2) is 4.79 Å². The number of pyridine rings is 1. The maximum atomic E-state index is 11.9. The molecule has 1 aromatic carbocycles. The Morgan fingerprint density at radius 3 is 2.68 bits per heavy atom. The van der Waals surface area contributed by atoms with Crippen LogP contribution in [-0.2, 0) is 16.1 Å². The van der Waals surface area contributed by atoms with E-state index >= 15 is 0 Å². The average molecular weight is 331 g/mol. The van der Waals surface area contributed by atoms with E-state index in [2.05, 4.69) is 6.07 Å². The molecule has 0 saturated carbocycles. The van der Waals surface area contributed by atoms with Gasteiger partial charge in [-0.05, 0) is 24.3 Å². The van der Waals surface area contributed by atoms with E-state index in [-0.39, 0.29) is 13.2 Å². The molecule has 0 fully saturated rings. The number of hydrogen-bond donors (Lipinski definition) is 0. The predicted molar refractivity (Wildman–Crippen MR) is 88.6 cm³/mol. The molecule has 3 aromatic rings. The second-order valence-corrected chi connectivity index (χ2v) is 5.19. The van der Waals surface area contributed by atoms with E-state index in [0.29, 0.717) is 22.4 Å². The lowest BCUT2D eigenvalue weighted by molar-refractivity contribution is -0.147. The Labute approximate surface area is 144 Å². The summed E-state index contributed by atoms with van der Waals surface area (Å²) >= 11 is 0. The van der Waals surface area contributed by atoms with Crippen LogP contribution in [0.2, 0.25) is 0 Å². The largest absolute Gasteiger partial charge is 0.481 e. The van der Waals surface area contributed by atoms with Crippen molar-refractivity contribution in [3.63, 3.8) is 0 Å². The van der Waals surface area contributed by atoms with Crippen molar-refractivity contribution in [3.8, 4) is 17.9 Å². The second-order valence-electron chi connectivity index (χ2n) is 5.19. The molecule has 0 spiro atoms. The topological polar surface area (TPSA) is 87.5 Å². The fraction of sp³-hybridized carbons (Fsp3) is 0.105. The van der Waals surface area contributed by atoms with Crippen LogP contribution in [-0.4, -0.2) is 17.0 Å². The number of hydrogen-bond acceptors (Lipinski definition) is 5. The summed E-state index contributed by atoms with van der Waals surface area (Å²) in [4.78, 5) is 11.9. The van der Waals surface area contributed by atoms with Crippen molar-refractivity contribution in [1.82, 2.24) is 4.40 Å². The monoisotopic (exact) mass is 331 g/mol. The zero-order chi connectivity index (χ0) is 17.6. The highest BCUT2D eigenvalue weighted by molar-refractivity contribution is 5.72. The second kappa shape index (κ2) is 7.20. The number of para-hydroxylation sites is 1. The number of nitrogens with zero attached hydrogens (tertiary/aromatic N) is 3. The molecule has 3 rings (SSSR count).